The van der Waals surface area contributed by atoms with Crippen LogP contribution in [-0.4, -0.2) is 11.8 Å². The molecule has 2 atom stereocenters. The van der Waals surface area contributed by atoms with Gasteiger partial charge in [-0.2, -0.15) is 0 Å². The van der Waals surface area contributed by atoms with Crippen LogP contribution in [0.2, 0.25) is 0 Å². The van der Waals surface area contributed by atoms with Gasteiger partial charge in [-0.05, 0) is 43.9 Å². The first-order chi connectivity index (χ1) is 5.93. The predicted molar refractivity (Wildman–Crippen MR) is 50.4 cm³/mol. The van der Waals surface area contributed by atoms with Gasteiger partial charge in [0.05, 0.1) is 6.04 Å². The molecule has 0 aromatic carbocycles. The fraction of sp³-hybridized carbons (Fsp3) is 0.727. The summed E-state index contributed by atoms with van der Waals surface area (Å²) in [6, 6.07) is 0.578. The highest BCUT2D eigenvalue weighted by atomic mass is 14.9. The minimum atomic E-state index is 0.578. The molecule has 0 spiro atoms. The summed E-state index contributed by atoms with van der Waals surface area (Å²) in [5, 5.41) is 0. The van der Waals surface area contributed by atoms with Crippen molar-refractivity contribution in [1.29, 1.82) is 0 Å². The van der Waals surface area contributed by atoms with Gasteiger partial charge in [0.2, 0.25) is 0 Å². The van der Waals surface area contributed by atoms with E-state index in [-0.39, 0.29) is 0 Å². The summed E-state index contributed by atoms with van der Waals surface area (Å²) in [7, 11) is 0. The molecule has 1 fully saturated rings. The molecule has 0 aromatic rings. The van der Waals surface area contributed by atoms with E-state index >= 15 is 0 Å². The molecule has 0 amide bonds. The maximum absolute atomic E-state index is 4.80. The van der Waals surface area contributed by atoms with Crippen LogP contribution in [0.25, 0.3) is 0 Å². The number of fused-ring (bicyclic) bond motifs is 1. The molecule has 3 rings (SSSR count). The van der Waals surface area contributed by atoms with Crippen molar-refractivity contribution in [2.24, 2.45) is 16.8 Å². The van der Waals surface area contributed by atoms with Crippen molar-refractivity contribution >= 4 is 5.71 Å². The van der Waals surface area contributed by atoms with Crippen molar-refractivity contribution in [2.75, 3.05) is 0 Å². The normalized spacial score (nSPS) is 39.5. The Labute approximate surface area is 73.6 Å². The highest BCUT2D eigenvalue weighted by Gasteiger charge is 2.36. The molecule has 0 N–H and O–H groups in total. The maximum Gasteiger partial charge on any atom is 0.0711 e. The van der Waals surface area contributed by atoms with Crippen LogP contribution in [0.15, 0.2) is 17.1 Å². The predicted octanol–water partition coefficient (Wildman–Crippen LogP) is 2.58. The van der Waals surface area contributed by atoms with Gasteiger partial charge in [-0.15, -0.1) is 0 Å². The van der Waals surface area contributed by atoms with E-state index in [2.05, 4.69) is 12.2 Å². The average molecular weight is 161 g/mol. The highest BCUT2D eigenvalue weighted by Crippen LogP contribution is 2.40. The largest absolute Gasteiger partial charge is 0.286 e. The zero-order valence-electron chi connectivity index (χ0n) is 7.37. The molecule has 1 heteroatoms. The van der Waals surface area contributed by atoms with Crippen LogP contribution >= 0.6 is 0 Å². The third-order valence-electron chi connectivity index (χ3n) is 3.36. The molecular formula is C11H15N. The maximum atomic E-state index is 4.80. The smallest absolute Gasteiger partial charge is 0.0711 e. The van der Waals surface area contributed by atoms with Gasteiger partial charge in [-0.1, -0.05) is 12.2 Å². The molecule has 2 aliphatic carbocycles. The van der Waals surface area contributed by atoms with E-state index in [1.807, 2.05) is 0 Å². The van der Waals surface area contributed by atoms with Gasteiger partial charge in [-0.25, -0.2) is 0 Å². The van der Waals surface area contributed by atoms with E-state index in [1.54, 1.807) is 5.71 Å². The fourth-order valence-corrected chi connectivity index (χ4v) is 2.45. The van der Waals surface area contributed by atoms with Crippen molar-refractivity contribution in [3.63, 3.8) is 0 Å². The zero-order chi connectivity index (χ0) is 7.97. The van der Waals surface area contributed by atoms with Crippen LogP contribution in [-0.2, 0) is 0 Å². The summed E-state index contributed by atoms with van der Waals surface area (Å²) >= 11 is 0. The minimum absolute atomic E-state index is 0.578. The average Bonchev–Trinajstić information content (AvgIpc) is 2.85. The molecular weight excluding hydrogens is 146 g/mol. The van der Waals surface area contributed by atoms with Crippen molar-refractivity contribution in [3.05, 3.63) is 12.2 Å². The molecule has 1 aliphatic heterocycles. The topological polar surface area (TPSA) is 12.4 Å². The lowest BCUT2D eigenvalue weighted by molar-refractivity contribution is 0.469. The Balaban J connectivity index is 1.80. The molecule has 1 saturated carbocycles. The number of hydrogen-bond donors (Lipinski definition) is 0. The van der Waals surface area contributed by atoms with Gasteiger partial charge < -0.3 is 0 Å². The summed E-state index contributed by atoms with van der Waals surface area (Å²) in [4.78, 5) is 4.80. The Hall–Kier alpha value is -0.590. The van der Waals surface area contributed by atoms with Crippen LogP contribution in [0.4, 0.5) is 0 Å². The monoisotopic (exact) mass is 161 g/mol. The van der Waals surface area contributed by atoms with Gasteiger partial charge in [0.15, 0.2) is 0 Å². The summed E-state index contributed by atoms with van der Waals surface area (Å²) in [6.07, 6.45) is 11.4. The van der Waals surface area contributed by atoms with Gasteiger partial charge in [0.25, 0.3) is 0 Å². The lowest BCUT2D eigenvalue weighted by atomic mass is 9.88. The van der Waals surface area contributed by atoms with Crippen molar-refractivity contribution in [1.82, 2.24) is 0 Å². The molecule has 0 aromatic heterocycles. The minimum Gasteiger partial charge on any atom is -0.286 e. The van der Waals surface area contributed by atoms with Crippen molar-refractivity contribution in [2.45, 2.75) is 38.1 Å². The molecule has 0 bridgehead atoms. The lowest BCUT2D eigenvalue weighted by Gasteiger charge is -2.17. The zero-order valence-corrected chi connectivity index (χ0v) is 7.37. The number of aliphatic imine (C=N–C) groups is 1. The third kappa shape index (κ3) is 1.03. The van der Waals surface area contributed by atoms with Crippen LogP contribution < -0.4 is 0 Å². The number of allylic oxidation sites excluding steroid dienone is 1. The van der Waals surface area contributed by atoms with E-state index in [0.29, 0.717) is 6.04 Å². The molecule has 0 unspecified atom stereocenters. The first-order valence-corrected chi connectivity index (χ1v) is 5.17. The van der Waals surface area contributed by atoms with E-state index in [1.165, 1.54) is 32.1 Å². The fourth-order valence-electron chi connectivity index (χ4n) is 2.45. The van der Waals surface area contributed by atoms with Crippen molar-refractivity contribution in [3.8, 4) is 0 Å². The molecule has 3 aliphatic rings. The summed E-state index contributed by atoms with van der Waals surface area (Å²) in [5.41, 5.74) is 1.55. The summed E-state index contributed by atoms with van der Waals surface area (Å²) < 4.78 is 0. The van der Waals surface area contributed by atoms with Crippen LogP contribution in [0.5, 0.6) is 0 Å². The first kappa shape index (κ1) is 6.88. The lowest BCUT2D eigenvalue weighted by Crippen LogP contribution is -2.14. The Morgan fingerprint density at radius 1 is 1.25 bits per heavy atom. The second kappa shape index (κ2) is 2.45. The Kier molecular flexibility index (Phi) is 1.40. The van der Waals surface area contributed by atoms with Crippen molar-refractivity contribution < 1.29 is 0 Å². The van der Waals surface area contributed by atoms with Gasteiger partial charge >= 0.3 is 0 Å². The third-order valence-corrected chi connectivity index (χ3v) is 3.36. The second-order valence-electron chi connectivity index (χ2n) is 4.36. The molecule has 64 valence electrons. The quantitative estimate of drug-likeness (QED) is 0.524. The SMILES string of the molecule is C1=C[C@@H]2N=C(C3CC3)C[C@@H]2CC1. The van der Waals surface area contributed by atoms with Crippen LogP contribution in [0.3, 0.4) is 0 Å². The van der Waals surface area contributed by atoms with Gasteiger partial charge in [-0.3, -0.25) is 4.99 Å². The van der Waals surface area contributed by atoms with E-state index in [0.717, 1.165) is 11.8 Å². The number of hydrogen-bond acceptors (Lipinski definition) is 1. The Morgan fingerprint density at radius 3 is 2.92 bits per heavy atom. The highest BCUT2D eigenvalue weighted by molar-refractivity contribution is 5.90. The molecule has 0 radical (unpaired) electrons. The molecule has 0 saturated heterocycles. The van der Waals surface area contributed by atoms with E-state index in [9.17, 15) is 0 Å². The van der Waals surface area contributed by atoms with Gasteiger partial charge in [0, 0.05) is 5.71 Å². The van der Waals surface area contributed by atoms with E-state index in [4.69, 9.17) is 4.99 Å². The number of rotatable bonds is 1. The Morgan fingerprint density at radius 2 is 2.17 bits per heavy atom. The standard InChI is InChI=1S/C11H15N/c1-2-4-10-9(3-1)7-11(12-10)8-5-6-8/h2,4,8-10H,1,3,5-7H2/t9-,10-/m0/s1. The second-order valence-corrected chi connectivity index (χ2v) is 4.36. The molecule has 1 heterocycles. The number of nitrogens with zero attached hydrogens (tertiary/aromatic N) is 1. The van der Waals surface area contributed by atoms with Crippen LogP contribution in [0, 0.1) is 11.8 Å². The summed E-state index contributed by atoms with van der Waals surface area (Å²) in [5.74, 6) is 1.79. The molecule has 12 heavy (non-hydrogen) atoms. The van der Waals surface area contributed by atoms with Gasteiger partial charge in [0.1, 0.15) is 0 Å². The summed E-state index contributed by atoms with van der Waals surface area (Å²) in [6.45, 7) is 0. The first-order valence-electron chi connectivity index (χ1n) is 5.17. The molecule has 1 nitrogen and oxygen atoms in total. The Bertz CT molecular complexity index is 248. The van der Waals surface area contributed by atoms with Crippen LogP contribution in [0.1, 0.15) is 32.1 Å². The van der Waals surface area contributed by atoms with E-state index < -0.39 is 0 Å².